The Labute approximate surface area is 154 Å². The van der Waals surface area contributed by atoms with Crippen molar-refractivity contribution in [2.45, 2.75) is 33.1 Å². The summed E-state index contributed by atoms with van der Waals surface area (Å²) in [6, 6.07) is 7.55. The van der Waals surface area contributed by atoms with E-state index < -0.39 is 0 Å². The van der Waals surface area contributed by atoms with E-state index in [0.717, 1.165) is 35.7 Å². The summed E-state index contributed by atoms with van der Waals surface area (Å²) in [5.41, 5.74) is 3.65. The smallest absolute Gasteiger partial charge is 0.178 e. The molecule has 1 aliphatic heterocycles. The molecule has 5 heteroatoms. The number of ketones is 1. The molecule has 1 aliphatic rings. The number of aromatic nitrogens is 1. The minimum absolute atomic E-state index is 0.189. The van der Waals surface area contributed by atoms with Crippen LogP contribution in [0.15, 0.2) is 24.3 Å². The molecule has 0 unspecified atom stereocenters. The van der Waals surface area contributed by atoms with E-state index in [1.807, 2.05) is 32.0 Å². The minimum atomic E-state index is 0.189. The lowest BCUT2D eigenvalue weighted by Crippen LogP contribution is -2.34. The van der Waals surface area contributed by atoms with E-state index >= 15 is 0 Å². The first kappa shape index (κ1) is 18.0. The van der Waals surface area contributed by atoms with E-state index in [-0.39, 0.29) is 5.78 Å². The van der Waals surface area contributed by atoms with E-state index in [1.165, 1.54) is 19.3 Å². The third-order valence-electron chi connectivity index (χ3n) is 4.93. The molecule has 0 saturated carbocycles. The zero-order valence-electron chi connectivity index (χ0n) is 15.1. The zero-order valence-corrected chi connectivity index (χ0v) is 15.9. The van der Waals surface area contributed by atoms with E-state index in [1.54, 1.807) is 13.2 Å². The van der Waals surface area contributed by atoms with Crippen molar-refractivity contribution in [1.29, 1.82) is 0 Å². The highest BCUT2D eigenvalue weighted by Gasteiger charge is 2.21. The Balaban J connectivity index is 1.92. The van der Waals surface area contributed by atoms with Crippen molar-refractivity contribution in [2.24, 2.45) is 0 Å². The number of benzene rings is 1. The number of halogens is 1. The summed E-state index contributed by atoms with van der Waals surface area (Å²) in [4.78, 5) is 15.1. The number of piperidine rings is 1. The standard InChI is InChI=1S/C20H25ClN2O2/c1-14-11-17(19(24)13-22-9-5-4-6-10-22)15(2)23(14)18-8-7-16(21)12-20(18)25-3/h7-8,11-12H,4-6,9-10,13H2,1-3H3. The Bertz CT molecular complexity index is 776. The molecule has 0 amide bonds. The van der Waals surface area contributed by atoms with Gasteiger partial charge in [-0.05, 0) is 58.0 Å². The predicted molar refractivity (Wildman–Crippen MR) is 101 cm³/mol. The van der Waals surface area contributed by atoms with Crippen LogP contribution in [0, 0.1) is 13.8 Å². The normalized spacial score (nSPS) is 15.4. The van der Waals surface area contributed by atoms with Gasteiger partial charge in [0, 0.05) is 28.0 Å². The van der Waals surface area contributed by atoms with Gasteiger partial charge < -0.3 is 9.30 Å². The maximum atomic E-state index is 12.8. The summed E-state index contributed by atoms with van der Waals surface area (Å²) in [6.07, 6.45) is 3.65. The minimum Gasteiger partial charge on any atom is -0.495 e. The SMILES string of the molecule is COc1cc(Cl)ccc1-n1c(C)cc(C(=O)CN2CCCCC2)c1C. The number of likely N-dealkylation sites (tertiary alicyclic amines) is 1. The number of Topliss-reactive ketones (excluding diaryl/α,β-unsaturated/α-hetero) is 1. The van der Waals surface area contributed by atoms with Crippen LogP contribution in [0.25, 0.3) is 5.69 Å². The number of hydrogen-bond acceptors (Lipinski definition) is 3. The average molecular weight is 361 g/mol. The molecule has 1 fully saturated rings. The molecule has 1 saturated heterocycles. The van der Waals surface area contributed by atoms with E-state index in [0.29, 0.717) is 17.3 Å². The van der Waals surface area contributed by atoms with Gasteiger partial charge in [0.1, 0.15) is 5.75 Å². The number of carbonyl (C=O) groups excluding carboxylic acids is 1. The molecule has 0 aliphatic carbocycles. The van der Waals surface area contributed by atoms with Crippen molar-refractivity contribution in [3.05, 3.63) is 46.2 Å². The maximum absolute atomic E-state index is 12.8. The van der Waals surface area contributed by atoms with Crippen LogP contribution < -0.4 is 4.74 Å². The lowest BCUT2D eigenvalue weighted by Gasteiger charge is -2.25. The largest absolute Gasteiger partial charge is 0.495 e. The molecule has 3 rings (SSSR count). The second-order valence-electron chi connectivity index (χ2n) is 6.70. The lowest BCUT2D eigenvalue weighted by molar-refractivity contribution is 0.0915. The molecule has 0 radical (unpaired) electrons. The van der Waals surface area contributed by atoms with E-state index in [4.69, 9.17) is 16.3 Å². The number of nitrogens with zero attached hydrogens (tertiary/aromatic N) is 2. The van der Waals surface area contributed by atoms with Gasteiger partial charge in [0.2, 0.25) is 0 Å². The Kier molecular flexibility index (Phi) is 5.50. The third kappa shape index (κ3) is 3.75. The van der Waals surface area contributed by atoms with Gasteiger partial charge in [-0.1, -0.05) is 18.0 Å². The van der Waals surface area contributed by atoms with Crippen LogP contribution in [0.3, 0.4) is 0 Å². The summed E-state index contributed by atoms with van der Waals surface area (Å²) >= 11 is 6.08. The van der Waals surface area contributed by atoms with Crippen LogP contribution in [0.4, 0.5) is 0 Å². The van der Waals surface area contributed by atoms with Crippen LogP contribution in [-0.2, 0) is 0 Å². The summed E-state index contributed by atoms with van der Waals surface area (Å²) in [6.45, 7) is 6.55. The molecule has 0 atom stereocenters. The summed E-state index contributed by atoms with van der Waals surface area (Å²) in [7, 11) is 1.63. The first-order valence-electron chi connectivity index (χ1n) is 8.79. The second-order valence-corrected chi connectivity index (χ2v) is 7.13. The molecule has 0 bridgehead atoms. The number of hydrogen-bond donors (Lipinski definition) is 0. The van der Waals surface area contributed by atoms with Gasteiger partial charge in [-0.15, -0.1) is 0 Å². The van der Waals surface area contributed by atoms with Gasteiger partial charge in [0.25, 0.3) is 0 Å². The quantitative estimate of drug-likeness (QED) is 0.740. The monoisotopic (exact) mass is 360 g/mol. The fraction of sp³-hybridized carbons (Fsp3) is 0.450. The van der Waals surface area contributed by atoms with Gasteiger partial charge >= 0.3 is 0 Å². The molecule has 2 heterocycles. The maximum Gasteiger partial charge on any atom is 0.178 e. The van der Waals surface area contributed by atoms with Crippen LogP contribution in [-0.4, -0.2) is 42.0 Å². The van der Waals surface area contributed by atoms with Crippen LogP contribution in [0.2, 0.25) is 5.02 Å². The van der Waals surface area contributed by atoms with Crippen molar-refractivity contribution >= 4 is 17.4 Å². The predicted octanol–water partition coefficient (Wildman–Crippen LogP) is 4.42. The Morgan fingerprint density at radius 3 is 2.56 bits per heavy atom. The van der Waals surface area contributed by atoms with Crippen LogP contribution in [0.5, 0.6) is 5.75 Å². The van der Waals surface area contributed by atoms with Crippen molar-refractivity contribution in [3.63, 3.8) is 0 Å². The van der Waals surface area contributed by atoms with Crippen molar-refractivity contribution in [2.75, 3.05) is 26.7 Å². The molecule has 25 heavy (non-hydrogen) atoms. The first-order chi connectivity index (χ1) is 12.0. The molecule has 2 aromatic rings. The molecular formula is C20H25ClN2O2. The molecule has 0 N–H and O–H groups in total. The Hall–Kier alpha value is -1.78. The molecule has 134 valence electrons. The summed E-state index contributed by atoms with van der Waals surface area (Å²) in [5.74, 6) is 0.888. The number of ether oxygens (including phenoxy) is 1. The third-order valence-corrected chi connectivity index (χ3v) is 5.17. The Morgan fingerprint density at radius 1 is 1.16 bits per heavy atom. The molecular weight excluding hydrogens is 336 g/mol. The fourth-order valence-corrected chi connectivity index (χ4v) is 3.82. The van der Waals surface area contributed by atoms with Crippen molar-refractivity contribution in [1.82, 2.24) is 9.47 Å². The highest BCUT2D eigenvalue weighted by atomic mass is 35.5. The Morgan fingerprint density at radius 2 is 1.88 bits per heavy atom. The summed E-state index contributed by atoms with van der Waals surface area (Å²) in [5, 5.41) is 0.629. The highest BCUT2D eigenvalue weighted by molar-refractivity contribution is 6.30. The second kappa shape index (κ2) is 7.63. The van der Waals surface area contributed by atoms with E-state index in [2.05, 4.69) is 9.47 Å². The highest BCUT2D eigenvalue weighted by Crippen LogP contribution is 2.30. The average Bonchev–Trinajstić information content (AvgIpc) is 2.90. The van der Waals surface area contributed by atoms with Gasteiger partial charge in [0.15, 0.2) is 5.78 Å². The molecule has 1 aromatic heterocycles. The number of rotatable bonds is 5. The van der Waals surface area contributed by atoms with Gasteiger partial charge in [-0.2, -0.15) is 0 Å². The van der Waals surface area contributed by atoms with Crippen LogP contribution in [0.1, 0.15) is 41.0 Å². The first-order valence-corrected chi connectivity index (χ1v) is 9.17. The van der Waals surface area contributed by atoms with Gasteiger partial charge in [-0.25, -0.2) is 0 Å². The van der Waals surface area contributed by atoms with Gasteiger partial charge in [-0.3, -0.25) is 9.69 Å². The number of aryl methyl sites for hydroxylation is 1. The van der Waals surface area contributed by atoms with E-state index in [9.17, 15) is 4.79 Å². The lowest BCUT2D eigenvalue weighted by atomic mass is 10.1. The molecule has 0 spiro atoms. The zero-order chi connectivity index (χ0) is 18.0. The topological polar surface area (TPSA) is 34.5 Å². The van der Waals surface area contributed by atoms with Crippen molar-refractivity contribution < 1.29 is 9.53 Å². The van der Waals surface area contributed by atoms with Gasteiger partial charge in [0.05, 0.1) is 19.3 Å². The number of methoxy groups -OCH3 is 1. The van der Waals surface area contributed by atoms with Crippen molar-refractivity contribution in [3.8, 4) is 11.4 Å². The number of carbonyl (C=O) groups is 1. The fourth-order valence-electron chi connectivity index (χ4n) is 3.66. The molecule has 4 nitrogen and oxygen atoms in total. The van der Waals surface area contributed by atoms with Crippen LogP contribution >= 0.6 is 11.6 Å². The summed E-state index contributed by atoms with van der Waals surface area (Å²) < 4.78 is 7.55. The molecule has 1 aromatic carbocycles.